The fourth-order valence-electron chi connectivity index (χ4n) is 2.00. The van der Waals surface area contributed by atoms with Gasteiger partial charge in [0.1, 0.15) is 0 Å². The molecule has 0 amide bonds. The highest BCUT2D eigenvalue weighted by Gasteiger charge is 2.31. The van der Waals surface area contributed by atoms with E-state index in [4.69, 9.17) is 10.5 Å². The summed E-state index contributed by atoms with van der Waals surface area (Å²) in [5.74, 6) is -0.0876. The van der Waals surface area contributed by atoms with Crippen LogP contribution in [-0.2, 0) is 5.54 Å². The van der Waals surface area contributed by atoms with Gasteiger partial charge in [-0.1, -0.05) is 24.3 Å². The first-order valence-electron chi connectivity index (χ1n) is 4.94. The maximum atomic E-state index is 13.5. The van der Waals surface area contributed by atoms with Gasteiger partial charge < -0.3 is 10.5 Å². The largest absolute Gasteiger partial charge is 0.493 e. The third kappa shape index (κ3) is 1.63. The summed E-state index contributed by atoms with van der Waals surface area (Å²) < 4.78 is 18.5. The van der Waals surface area contributed by atoms with Gasteiger partial charge in [-0.15, -0.1) is 0 Å². The highest BCUT2D eigenvalue weighted by Crippen LogP contribution is 2.38. The number of benzene rings is 1. The van der Waals surface area contributed by atoms with E-state index < -0.39 is 5.54 Å². The van der Waals surface area contributed by atoms with Gasteiger partial charge in [0.2, 0.25) is 0 Å². The van der Waals surface area contributed by atoms with Crippen LogP contribution in [0.5, 0.6) is 5.75 Å². The number of hydrogen-bond donors (Lipinski definition) is 1. The number of rotatable bonds is 2. The molecule has 0 atom stereocenters. The summed E-state index contributed by atoms with van der Waals surface area (Å²) in [6, 6.07) is 4.88. The van der Waals surface area contributed by atoms with Gasteiger partial charge in [-0.25, -0.2) is 4.39 Å². The van der Waals surface area contributed by atoms with E-state index in [1.165, 1.54) is 13.2 Å². The van der Waals surface area contributed by atoms with Crippen LogP contribution in [0.15, 0.2) is 30.4 Å². The van der Waals surface area contributed by atoms with Crippen molar-refractivity contribution in [2.24, 2.45) is 5.73 Å². The predicted molar refractivity (Wildman–Crippen MR) is 57.2 cm³/mol. The van der Waals surface area contributed by atoms with Crippen molar-refractivity contribution in [2.45, 2.75) is 18.4 Å². The van der Waals surface area contributed by atoms with Gasteiger partial charge in [-0.2, -0.15) is 0 Å². The molecule has 0 heterocycles. The predicted octanol–water partition coefficient (Wildman–Crippen LogP) is 2.34. The van der Waals surface area contributed by atoms with Crippen LogP contribution in [-0.4, -0.2) is 7.11 Å². The van der Waals surface area contributed by atoms with Gasteiger partial charge in [-0.3, -0.25) is 0 Å². The Hall–Kier alpha value is -1.35. The van der Waals surface area contributed by atoms with Crippen LogP contribution in [0, 0.1) is 5.82 Å². The van der Waals surface area contributed by atoms with Gasteiger partial charge >= 0.3 is 0 Å². The van der Waals surface area contributed by atoms with Gasteiger partial charge in [0.25, 0.3) is 0 Å². The van der Waals surface area contributed by atoms with Crippen LogP contribution in [0.1, 0.15) is 18.4 Å². The molecule has 1 aromatic carbocycles. The summed E-state index contributed by atoms with van der Waals surface area (Å²) in [6.07, 6.45) is 5.49. The van der Waals surface area contributed by atoms with E-state index in [1.54, 1.807) is 6.07 Å². The number of para-hydroxylation sites is 1. The Morgan fingerprint density at radius 3 is 2.60 bits per heavy atom. The average molecular weight is 207 g/mol. The molecular weight excluding hydrogens is 193 g/mol. The first kappa shape index (κ1) is 10.2. The molecule has 2 nitrogen and oxygen atoms in total. The molecule has 2 rings (SSSR count). The van der Waals surface area contributed by atoms with Crippen LogP contribution in [0.2, 0.25) is 0 Å². The Balaban J connectivity index is 2.47. The molecule has 1 aliphatic rings. The maximum Gasteiger partial charge on any atom is 0.165 e. The second-order valence-electron chi connectivity index (χ2n) is 3.86. The van der Waals surface area contributed by atoms with E-state index in [-0.39, 0.29) is 11.6 Å². The van der Waals surface area contributed by atoms with Gasteiger partial charge in [0.05, 0.1) is 12.6 Å². The average Bonchev–Trinajstić information content (AvgIpc) is 2.66. The molecule has 3 heteroatoms. The fourth-order valence-corrected chi connectivity index (χ4v) is 2.00. The Bertz CT molecular complexity index is 393. The molecule has 1 aliphatic carbocycles. The number of halogens is 1. The van der Waals surface area contributed by atoms with Crippen LogP contribution >= 0.6 is 0 Å². The number of nitrogens with two attached hydrogens (primary N) is 1. The lowest BCUT2D eigenvalue weighted by Gasteiger charge is -2.26. The van der Waals surface area contributed by atoms with Crippen molar-refractivity contribution in [1.29, 1.82) is 0 Å². The summed E-state index contributed by atoms with van der Waals surface area (Å²) in [7, 11) is 1.47. The second kappa shape index (κ2) is 3.66. The van der Waals surface area contributed by atoms with Crippen LogP contribution in [0.4, 0.5) is 4.39 Å². The van der Waals surface area contributed by atoms with Crippen molar-refractivity contribution in [3.05, 3.63) is 41.7 Å². The molecule has 0 spiro atoms. The van der Waals surface area contributed by atoms with Crippen molar-refractivity contribution in [2.75, 3.05) is 7.11 Å². The molecule has 0 bridgehead atoms. The van der Waals surface area contributed by atoms with Crippen LogP contribution in [0.3, 0.4) is 0 Å². The molecule has 0 fully saturated rings. The lowest BCUT2D eigenvalue weighted by Crippen LogP contribution is -2.34. The maximum absolute atomic E-state index is 13.5. The molecule has 15 heavy (non-hydrogen) atoms. The van der Waals surface area contributed by atoms with Crippen molar-refractivity contribution >= 4 is 0 Å². The van der Waals surface area contributed by atoms with E-state index in [0.717, 1.165) is 18.4 Å². The Kier molecular flexibility index (Phi) is 2.49. The van der Waals surface area contributed by atoms with E-state index in [9.17, 15) is 4.39 Å². The lowest BCUT2D eigenvalue weighted by atomic mass is 9.88. The zero-order valence-electron chi connectivity index (χ0n) is 8.66. The van der Waals surface area contributed by atoms with Gasteiger partial charge in [0.15, 0.2) is 11.6 Å². The summed E-state index contributed by atoms with van der Waals surface area (Å²) >= 11 is 0. The Morgan fingerprint density at radius 2 is 2.00 bits per heavy atom. The molecule has 0 saturated carbocycles. The van der Waals surface area contributed by atoms with E-state index in [0.29, 0.717) is 0 Å². The minimum absolute atomic E-state index is 0.267. The number of hydrogen-bond acceptors (Lipinski definition) is 2. The third-order valence-electron chi connectivity index (χ3n) is 2.84. The smallest absolute Gasteiger partial charge is 0.165 e. The van der Waals surface area contributed by atoms with E-state index in [2.05, 4.69) is 0 Å². The first-order valence-corrected chi connectivity index (χ1v) is 4.94. The highest BCUT2D eigenvalue weighted by molar-refractivity contribution is 5.42. The minimum Gasteiger partial charge on any atom is -0.493 e. The summed E-state index contributed by atoms with van der Waals surface area (Å²) in [6.45, 7) is 0. The molecule has 1 aromatic rings. The molecule has 0 aromatic heterocycles. The van der Waals surface area contributed by atoms with Crippen LogP contribution in [0.25, 0.3) is 0 Å². The Morgan fingerprint density at radius 1 is 1.33 bits per heavy atom. The zero-order chi connectivity index (χ0) is 10.9. The lowest BCUT2D eigenvalue weighted by molar-refractivity contribution is 0.360. The van der Waals surface area contributed by atoms with E-state index >= 15 is 0 Å². The molecule has 0 saturated heterocycles. The topological polar surface area (TPSA) is 35.2 Å². The molecule has 0 radical (unpaired) electrons. The van der Waals surface area contributed by atoms with Crippen molar-refractivity contribution < 1.29 is 9.13 Å². The monoisotopic (exact) mass is 207 g/mol. The quantitative estimate of drug-likeness (QED) is 0.755. The Labute approximate surface area is 88.5 Å². The van der Waals surface area contributed by atoms with Crippen LogP contribution < -0.4 is 10.5 Å². The van der Waals surface area contributed by atoms with Gasteiger partial charge in [0, 0.05) is 5.56 Å². The standard InChI is InChI=1S/C12H14FNO/c1-15-11-9(5-4-6-10(11)13)12(14)7-2-3-8-12/h2-6H,7-8,14H2,1H3. The van der Waals surface area contributed by atoms with Crippen molar-refractivity contribution in [3.8, 4) is 5.75 Å². The third-order valence-corrected chi connectivity index (χ3v) is 2.84. The normalized spacial score (nSPS) is 18.1. The summed E-state index contributed by atoms with van der Waals surface area (Å²) in [4.78, 5) is 0. The molecule has 2 N–H and O–H groups in total. The van der Waals surface area contributed by atoms with Crippen molar-refractivity contribution in [3.63, 3.8) is 0 Å². The summed E-state index contributed by atoms with van der Waals surface area (Å²) in [5.41, 5.74) is 6.46. The SMILES string of the molecule is COc1c(F)cccc1C1(N)CC=CC1. The second-order valence-corrected chi connectivity index (χ2v) is 3.86. The van der Waals surface area contributed by atoms with Crippen molar-refractivity contribution in [1.82, 2.24) is 0 Å². The summed E-state index contributed by atoms with van der Waals surface area (Å²) in [5, 5.41) is 0. The highest BCUT2D eigenvalue weighted by atomic mass is 19.1. The van der Waals surface area contributed by atoms with E-state index in [1.807, 2.05) is 18.2 Å². The zero-order valence-corrected chi connectivity index (χ0v) is 8.66. The number of ether oxygens (including phenoxy) is 1. The molecular formula is C12H14FNO. The molecule has 0 unspecified atom stereocenters. The first-order chi connectivity index (χ1) is 7.17. The van der Waals surface area contributed by atoms with Gasteiger partial charge in [-0.05, 0) is 18.9 Å². The number of methoxy groups -OCH3 is 1. The molecule has 0 aliphatic heterocycles. The molecule has 80 valence electrons. The fraction of sp³-hybridized carbons (Fsp3) is 0.333. The minimum atomic E-state index is -0.507.